The molecule has 0 aromatic heterocycles. The number of amides is 7. The summed E-state index contributed by atoms with van der Waals surface area (Å²) in [6, 6.07) is 30.9. The zero-order valence-corrected chi connectivity index (χ0v) is 66.1. The number of carbonyl (C=O) groups is 11. The predicted octanol–water partition coefficient (Wildman–Crippen LogP) is 10.6. The second-order valence-corrected chi connectivity index (χ2v) is 39.5. The van der Waals surface area contributed by atoms with Crippen molar-refractivity contribution in [3.05, 3.63) is 162 Å². The Bertz CT molecular complexity index is 3690. The van der Waals surface area contributed by atoms with Gasteiger partial charge in [-0.1, -0.05) is 6.07 Å². The smallest absolute Gasteiger partial charge is 0.485 e. The first-order valence-corrected chi connectivity index (χ1v) is 42.8. The van der Waals surface area contributed by atoms with E-state index in [2.05, 4.69) is 92.2 Å². The Morgan fingerprint density at radius 3 is 1.24 bits per heavy atom. The van der Waals surface area contributed by atoms with E-state index in [4.69, 9.17) is 27.4 Å². The number of benzene rings is 5. The summed E-state index contributed by atoms with van der Waals surface area (Å²) >= 11 is 1.25. The zero-order valence-electron chi connectivity index (χ0n) is 58.1. The number of nitrogens with two attached hydrogens (primary N) is 2. The van der Waals surface area contributed by atoms with E-state index >= 15 is 0 Å². The fourth-order valence-corrected chi connectivity index (χ4v) is 26.0. The molecule has 0 saturated carbocycles. The molecule has 5 N–H and O–H groups in total. The fourth-order valence-electron chi connectivity index (χ4n) is 8.95. The molecule has 0 radical (unpaired) electrons. The standard InChI is InChI=1S/C12H18NO2.C11H8FNO4.C11H8INO4.C11H8NO4.C8H7FINO.3C4H9.CHF3O3S.2CH5N.Sn/c1-5-15-12(14)10-6-8-11(9-7-10)13(2,3)4;12-8-3-1-7(2-4-8)11(16)17-13-9(14)5-6-10(13)15;12-8-3-1-2-7(6-8)11(16)17-13-9(14)4-5-10(13)15;13-9-6-7-10(14)12(9)16-11(15)8-4-2-1-3-5-8;1-11-8(12)5-2-3-6(9)7(10)4-5;3*1-3-4-2;2-1(3,4)8(5,6)7;2*1-2;/h6-9H,5H2,1-4H3;1-4H,5-6H2;1-3,6H,4-5H2;1-2,4-5H,6-7H2;2-4H,1H3,(H,11,12);3*1,3-4H2,2H3;(H,5,6,7);2*2H2,1H3;/q+1;;;;;;;;;;;/p-1/i;12-1;12-2;;9-1,10-2;;;;;;;. The minimum absolute atomic E-state index is 0.0372. The van der Waals surface area contributed by atoms with Gasteiger partial charge in [-0.05, 0) is 151 Å². The van der Waals surface area contributed by atoms with E-state index in [1.165, 1.54) is 99.8 Å². The molecule has 3 aliphatic rings. The van der Waals surface area contributed by atoms with Crippen molar-refractivity contribution in [1.29, 1.82) is 0 Å². The molecule has 0 atom stereocenters. The zero-order chi connectivity index (χ0) is 77.7. The second kappa shape index (κ2) is 46.3. The Balaban J connectivity index is 0.000000630. The van der Waals surface area contributed by atoms with Crippen molar-refractivity contribution in [1.82, 2.24) is 25.0 Å². The van der Waals surface area contributed by atoms with Gasteiger partial charge < -0.3 is 35.7 Å². The number of carbonyl (C=O) groups excluding carboxylic acids is 11. The van der Waals surface area contributed by atoms with Crippen LogP contribution in [0.25, 0.3) is 0 Å². The van der Waals surface area contributed by atoms with Gasteiger partial charge in [-0.25, -0.2) is 31.6 Å². The SMILES string of the molecule is CCC[CH2][Sn]([CH2]CCC)([CH2]CCC)[c]1cccc(C(=O)ON2C(=O)CCC2=O)c1.CCOC(=O)c1ccc([N+](C)(C)C)cc1.CN.CN.CNC(=O)c1ccc([18F])c([125I])c1.O=C(ON1C(=O)CCC1=O)c1ccc([18F])cc1.O=C(ON1C(=O)CCC1=O)c1cccc([125I])c1.O=S(=O)([O-])C(F)(F)F. The molecule has 3 fully saturated rings. The van der Waals surface area contributed by atoms with Crippen molar-refractivity contribution in [2.24, 2.45) is 11.5 Å². The van der Waals surface area contributed by atoms with Gasteiger partial charge in [0.2, 0.25) is 0 Å². The molecular weight excluding hydrogens is 1700 g/mol. The average molecular weight is 1780 g/mol. The first-order valence-electron chi connectivity index (χ1n) is 31.8. The number of imide groups is 3. The molecule has 0 unspecified atom stereocenters. The Morgan fingerprint density at radius 1 is 0.539 bits per heavy atom. The monoisotopic (exact) mass is 1780 g/mol. The van der Waals surface area contributed by atoms with Gasteiger partial charge in [0.15, 0.2) is 10.1 Å². The summed E-state index contributed by atoms with van der Waals surface area (Å²) in [6.45, 7) is 8.95. The maximum atomic E-state index is 12.7. The second-order valence-electron chi connectivity index (χ2n) is 22.5. The molecule has 25 nitrogen and oxygen atoms in total. The Hall–Kier alpha value is -7.43. The van der Waals surface area contributed by atoms with E-state index < -0.39 is 93.2 Å². The van der Waals surface area contributed by atoms with Crippen molar-refractivity contribution in [3.63, 3.8) is 0 Å². The van der Waals surface area contributed by atoms with Crippen molar-refractivity contribution in [3.8, 4) is 0 Å². The number of nitrogens with one attached hydrogen (secondary N) is 1. The third-order valence-corrected chi connectivity index (χ3v) is 31.9. The van der Waals surface area contributed by atoms with E-state index in [-0.39, 0.29) is 61.8 Å². The number of quaternary nitrogens is 1. The number of alkyl halides is 3. The third-order valence-electron chi connectivity index (χ3n) is 14.3. The number of hydrogen-bond acceptors (Lipinski definition) is 20. The molecule has 5 aromatic rings. The van der Waals surface area contributed by atoms with E-state index in [0.29, 0.717) is 47.6 Å². The minimum Gasteiger partial charge on any atom is -0.741 e. The quantitative estimate of drug-likeness (QED) is 0.00952. The van der Waals surface area contributed by atoms with Gasteiger partial charge >= 0.3 is 203 Å². The molecule has 3 saturated heterocycles. The molecule has 7 amide bonds. The van der Waals surface area contributed by atoms with Crippen LogP contribution in [-0.4, -0.2) is 166 Å². The molecule has 0 aliphatic carbocycles. The number of rotatable bonds is 20. The molecular formula is C68H86F5I2N7O18SSn. The first kappa shape index (κ1) is 92.6. The summed E-state index contributed by atoms with van der Waals surface area (Å²) in [4.78, 5) is 141. The van der Waals surface area contributed by atoms with E-state index in [0.717, 1.165) is 25.9 Å². The van der Waals surface area contributed by atoms with Crippen molar-refractivity contribution >= 4 is 148 Å². The normalized spacial score (nSPS) is 13.2. The minimum atomic E-state index is -6.09. The summed E-state index contributed by atoms with van der Waals surface area (Å²) in [6.07, 6.45) is 7.79. The van der Waals surface area contributed by atoms with Crippen molar-refractivity contribution in [2.75, 3.05) is 48.9 Å². The van der Waals surface area contributed by atoms with Gasteiger partial charge in [0.1, 0.15) is 17.3 Å². The van der Waals surface area contributed by atoms with E-state index in [1.807, 2.05) is 52.9 Å². The summed E-state index contributed by atoms with van der Waals surface area (Å²) in [7, 11) is 4.70. The van der Waals surface area contributed by atoms with Crippen molar-refractivity contribution < 1.29 is 107 Å². The number of hydroxylamine groups is 6. The topological polar surface area (TPSA) is 356 Å². The van der Waals surface area contributed by atoms with Crippen LogP contribution in [0.1, 0.15) is 157 Å². The molecule has 0 spiro atoms. The maximum Gasteiger partial charge on any atom is 0.485 e. The number of hydrogen-bond donors (Lipinski definition) is 3. The summed E-state index contributed by atoms with van der Waals surface area (Å²) < 4.78 is 96.5. The summed E-state index contributed by atoms with van der Waals surface area (Å²) in [5, 5.41) is 4.09. The van der Waals surface area contributed by atoms with Crippen LogP contribution >= 0.6 is 45.2 Å². The van der Waals surface area contributed by atoms with Crippen LogP contribution in [0.3, 0.4) is 0 Å². The molecule has 8 rings (SSSR count). The molecule has 560 valence electrons. The Kier molecular flexibility index (Phi) is 42.0. The first-order chi connectivity index (χ1) is 48.0. The van der Waals surface area contributed by atoms with E-state index in [9.17, 15) is 74.7 Å². The molecule has 5 aromatic carbocycles. The van der Waals surface area contributed by atoms with Crippen LogP contribution in [0.5, 0.6) is 0 Å². The Morgan fingerprint density at radius 2 is 0.892 bits per heavy atom. The van der Waals surface area contributed by atoms with Gasteiger partial charge in [0.05, 0.1) is 44.4 Å². The molecule has 102 heavy (non-hydrogen) atoms. The third kappa shape index (κ3) is 31.3. The molecule has 0 bridgehead atoms. The number of unbranched alkanes of at least 4 members (excludes halogenated alkanes) is 3. The van der Waals surface area contributed by atoms with E-state index in [1.54, 1.807) is 50.4 Å². The van der Waals surface area contributed by atoms with Crippen LogP contribution < -0.4 is 24.8 Å². The van der Waals surface area contributed by atoms with Gasteiger partial charge in [-0.3, -0.25) is 28.5 Å². The molecule has 34 heteroatoms. The maximum absolute atomic E-state index is 12.7. The Labute approximate surface area is 621 Å². The number of ether oxygens (including phenoxy) is 1. The van der Waals surface area contributed by atoms with Gasteiger partial charge in [-0.15, -0.1) is 10.1 Å². The van der Waals surface area contributed by atoms with Gasteiger partial charge in [-0.2, -0.15) is 13.2 Å². The van der Waals surface area contributed by atoms with Crippen molar-refractivity contribution in [2.45, 2.75) is 124 Å². The summed E-state index contributed by atoms with van der Waals surface area (Å²) in [5.41, 5.74) is 6.41. The molecule has 3 aliphatic heterocycles. The van der Waals surface area contributed by atoms with Crippen LogP contribution in [0, 0.1) is 18.8 Å². The summed E-state index contributed by atoms with van der Waals surface area (Å²) in [5.74, 6) is -6.38. The van der Waals surface area contributed by atoms with Crippen LogP contribution in [-0.2, 0) is 58.1 Å². The molecule has 3 heterocycles. The largest absolute Gasteiger partial charge is 0.741 e. The number of esters is 1. The number of nitrogens with zero attached hydrogens (tertiary/aromatic N) is 4. The average Bonchev–Trinajstić information content (AvgIpc) is 0.987. The van der Waals surface area contributed by atoms with Crippen LogP contribution in [0.4, 0.5) is 27.6 Å². The fraction of sp³-hybridized carbons (Fsp3) is 0.397. The van der Waals surface area contributed by atoms with Crippen LogP contribution in [0.15, 0.2) is 115 Å². The van der Waals surface area contributed by atoms with Gasteiger partial charge in [0, 0.05) is 45.4 Å². The van der Waals surface area contributed by atoms with Crippen LogP contribution in [0.2, 0.25) is 13.3 Å². The van der Waals surface area contributed by atoms with Gasteiger partial charge in [0.25, 0.3) is 29.5 Å². The number of halogens is 7. The predicted molar refractivity (Wildman–Crippen MR) is 386 cm³/mol.